The maximum absolute atomic E-state index is 8.63. The van der Waals surface area contributed by atoms with E-state index in [0.717, 1.165) is 0 Å². The third-order valence-corrected chi connectivity index (χ3v) is 1.60. The predicted molar refractivity (Wildman–Crippen MR) is 36.6 cm³/mol. The highest BCUT2D eigenvalue weighted by Crippen LogP contribution is 2.11. The van der Waals surface area contributed by atoms with Crippen molar-refractivity contribution in [1.29, 1.82) is 0 Å². The first-order chi connectivity index (χ1) is 4.79. The lowest BCUT2D eigenvalue weighted by molar-refractivity contribution is 0.277. The van der Waals surface area contributed by atoms with Gasteiger partial charge in [0.25, 0.3) is 0 Å². The van der Waals surface area contributed by atoms with Crippen LogP contribution < -0.4 is 0 Å². The van der Waals surface area contributed by atoms with Crippen molar-refractivity contribution >= 4 is 11.6 Å². The SMILES string of the molecule is CCn1nnc(CO)c1Cl. The van der Waals surface area contributed by atoms with Crippen molar-refractivity contribution in [1.82, 2.24) is 15.0 Å². The van der Waals surface area contributed by atoms with Gasteiger partial charge in [-0.2, -0.15) is 0 Å². The molecule has 0 bridgehead atoms. The van der Waals surface area contributed by atoms with E-state index < -0.39 is 0 Å². The van der Waals surface area contributed by atoms with Gasteiger partial charge in [0.2, 0.25) is 0 Å². The summed E-state index contributed by atoms with van der Waals surface area (Å²) in [4.78, 5) is 0. The van der Waals surface area contributed by atoms with Crippen molar-refractivity contribution in [3.8, 4) is 0 Å². The number of aryl methyl sites for hydroxylation is 1. The minimum Gasteiger partial charge on any atom is -0.390 e. The Morgan fingerprint density at radius 3 is 2.70 bits per heavy atom. The molecule has 1 heterocycles. The van der Waals surface area contributed by atoms with Gasteiger partial charge in [-0.05, 0) is 6.92 Å². The van der Waals surface area contributed by atoms with Crippen LogP contribution in [-0.2, 0) is 13.2 Å². The molecule has 1 aromatic heterocycles. The van der Waals surface area contributed by atoms with E-state index in [-0.39, 0.29) is 6.61 Å². The van der Waals surface area contributed by atoms with Gasteiger partial charge in [-0.25, -0.2) is 4.68 Å². The molecule has 0 amide bonds. The number of aliphatic hydroxyl groups is 1. The average molecular weight is 162 g/mol. The van der Waals surface area contributed by atoms with Gasteiger partial charge in [0.05, 0.1) is 6.61 Å². The molecular weight excluding hydrogens is 154 g/mol. The van der Waals surface area contributed by atoms with Crippen LogP contribution in [0.4, 0.5) is 0 Å². The molecule has 10 heavy (non-hydrogen) atoms. The fourth-order valence-electron chi connectivity index (χ4n) is 0.636. The Kier molecular flexibility index (Phi) is 2.24. The van der Waals surface area contributed by atoms with Gasteiger partial charge >= 0.3 is 0 Å². The standard InChI is InChI=1S/C5H8ClN3O/c1-2-9-5(6)4(3-10)7-8-9/h10H,2-3H2,1H3. The van der Waals surface area contributed by atoms with Crippen LogP contribution in [0.5, 0.6) is 0 Å². The van der Waals surface area contributed by atoms with E-state index in [1.807, 2.05) is 6.92 Å². The molecule has 0 unspecified atom stereocenters. The van der Waals surface area contributed by atoms with Gasteiger partial charge in [-0.15, -0.1) is 5.10 Å². The van der Waals surface area contributed by atoms with E-state index in [0.29, 0.717) is 17.4 Å². The summed E-state index contributed by atoms with van der Waals surface area (Å²) < 4.78 is 1.52. The fourth-order valence-corrected chi connectivity index (χ4v) is 0.887. The Bertz CT molecular complexity index is 201. The van der Waals surface area contributed by atoms with E-state index in [4.69, 9.17) is 16.7 Å². The van der Waals surface area contributed by atoms with Crippen molar-refractivity contribution in [2.24, 2.45) is 0 Å². The quantitative estimate of drug-likeness (QED) is 0.685. The minimum atomic E-state index is -0.154. The van der Waals surface area contributed by atoms with Gasteiger partial charge in [0.15, 0.2) is 5.15 Å². The molecule has 1 aromatic rings. The van der Waals surface area contributed by atoms with Gasteiger partial charge in [-0.1, -0.05) is 16.8 Å². The molecule has 0 radical (unpaired) electrons. The second kappa shape index (κ2) is 2.98. The summed E-state index contributed by atoms with van der Waals surface area (Å²) in [7, 11) is 0. The van der Waals surface area contributed by atoms with Crippen molar-refractivity contribution in [2.45, 2.75) is 20.1 Å². The summed E-state index contributed by atoms with van der Waals surface area (Å²) in [6, 6.07) is 0. The van der Waals surface area contributed by atoms with Crippen LogP contribution in [0, 0.1) is 0 Å². The second-order valence-electron chi connectivity index (χ2n) is 1.80. The zero-order chi connectivity index (χ0) is 7.56. The molecular formula is C5H8ClN3O. The molecule has 1 rings (SSSR count). The summed E-state index contributed by atoms with van der Waals surface area (Å²) in [5, 5.41) is 16.4. The maximum atomic E-state index is 8.63. The molecule has 0 aliphatic carbocycles. The topological polar surface area (TPSA) is 50.9 Å². The molecule has 0 saturated heterocycles. The van der Waals surface area contributed by atoms with E-state index >= 15 is 0 Å². The number of nitrogens with zero attached hydrogens (tertiary/aromatic N) is 3. The number of halogens is 1. The van der Waals surface area contributed by atoms with E-state index in [1.165, 1.54) is 4.68 Å². The first-order valence-corrected chi connectivity index (χ1v) is 3.36. The Morgan fingerprint density at radius 2 is 2.40 bits per heavy atom. The molecule has 0 fully saturated rings. The van der Waals surface area contributed by atoms with Gasteiger partial charge < -0.3 is 5.11 Å². The molecule has 56 valence electrons. The number of hydrogen-bond donors (Lipinski definition) is 1. The largest absolute Gasteiger partial charge is 0.390 e. The number of rotatable bonds is 2. The highest BCUT2D eigenvalue weighted by molar-refractivity contribution is 6.30. The molecule has 4 nitrogen and oxygen atoms in total. The Labute approximate surface area is 63.4 Å². The van der Waals surface area contributed by atoms with Gasteiger partial charge in [-0.3, -0.25) is 0 Å². The molecule has 5 heteroatoms. The van der Waals surface area contributed by atoms with Crippen molar-refractivity contribution in [2.75, 3.05) is 0 Å². The summed E-state index contributed by atoms with van der Waals surface area (Å²) in [6.07, 6.45) is 0. The highest BCUT2D eigenvalue weighted by atomic mass is 35.5. The van der Waals surface area contributed by atoms with E-state index in [2.05, 4.69) is 10.3 Å². The molecule has 0 aliphatic rings. The molecule has 1 N–H and O–H groups in total. The first-order valence-electron chi connectivity index (χ1n) is 2.98. The lowest BCUT2D eigenvalue weighted by atomic mass is 10.5. The van der Waals surface area contributed by atoms with Gasteiger partial charge in [0.1, 0.15) is 5.69 Å². The summed E-state index contributed by atoms with van der Waals surface area (Å²) in [6.45, 7) is 2.42. The lowest BCUT2D eigenvalue weighted by Gasteiger charge is -1.93. The Balaban J connectivity index is 2.97. The van der Waals surface area contributed by atoms with Crippen molar-refractivity contribution in [3.63, 3.8) is 0 Å². The van der Waals surface area contributed by atoms with Crippen molar-refractivity contribution in [3.05, 3.63) is 10.8 Å². The van der Waals surface area contributed by atoms with Crippen molar-refractivity contribution < 1.29 is 5.11 Å². The van der Waals surface area contributed by atoms with Crippen LogP contribution in [-0.4, -0.2) is 20.1 Å². The van der Waals surface area contributed by atoms with Crippen LogP contribution >= 0.6 is 11.6 Å². The predicted octanol–water partition coefficient (Wildman–Crippen LogP) is 0.444. The summed E-state index contributed by atoms with van der Waals surface area (Å²) in [5.74, 6) is 0. The van der Waals surface area contributed by atoms with E-state index in [1.54, 1.807) is 0 Å². The molecule has 0 aliphatic heterocycles. The summed E-state index contributed by atoms with van der Waals surface area (Å²) in [5.41, 5.74) is 0.434. The number of aliphatic hydroxyl groups excluding tert-OH is 1. The zero-order valence-corrected chi connectivity index (χ0v) is 6.34. The van der Waals surface area contributed by atoms with E-state index in [9.17, 15) is 0 Å². The zero-order valence-electron chi connectivity index (χ0n) is 5.58. The van der Waals surface area contributed by atoms with Gasteiger partial charge in [0, 0.05) is 6.54 Å². The minimum absolute atomic E-state index is 0.154. The monoisotopic (exact) mass is 161 g/mol. The molecule has 0 atom stereocenters. The molecule has 0 aromatic carbocycles. The summed E-state index contributed by atoms with van der Waals surface area (Å²) >= 11 is 5.70. The molecule has 0 saturated carbocycles. The number of hydrogen-bond acceptors (Lipinski definition) is 3. The molecule has 0 spiro atoms. The van der Waals surface area contributed by atoms with Crippen LogP contribution in [0.15, 0.2) is 0 Å². The first kappa shape index (κ1) is 7.50. The smallest absolute Gasteiger partial charge is 0.152 e. The lowest BCUT2D eigenvalue weighted by Crippen LogP contribution is -1.95. The third-order valence-electron chi connectivity index (χ3n) is 1.19. The number of aromatic nitrogens is 3. The maximum Gasteiger partial charge on any atom is 0.152 e. The van der Waals surface area contributed by atoms with Crippen LogP contribution in [0.2, 0.25) is 5.15 Å². The Morgan fingerprint density at radius 1 is 1.70 bits per heavy atom. The second-order valence-corrected chi connectivity index (χ2v) is 2.16. The Hall–Kier alpha value is -0.610. The highest BCUT2D eigenvalue weighted by Gasteiger charge is 2.06. The van der Waals surface area contributed by atoms with Crippen LogP contribution in [0.1, 0.15) is 12.6 Å². The normalized spacial score (nSPS) is 10.3. The third kappa shape index (κ3) is 1.12. The van der Waals surface area contributed by atoms with Crippen LogP contribution in [0.3, 0.4) is 0 Å². The van der Waals surface area contributed by atoms with Crippen LogP contribution in [0.25, 0.3) is 0 Å². The average Bonchev–Trinajstić information content (AvgIpc) is 2.30. The fraction of sp³-hybridized carbons (Fsp3) is 0.600.